The predicted molar refractivity (Wildman–Crippen MR) is 51.9 cm³/mol. The topological polar surface area (TPSA) is 20.2 Å². The first kappa shape index (κ1) is 10.1. The lowest BCUT2D eigenvalue weighted by Gasteiger charge is -2.10. The van der Waals surface area contributed by atoms with Gasteiger partial charge in [0.05, 0.1) is 0 Å². The van der Waals surface area contributed by atoms with Crippen LogP contribution in [0.25, 0.3) is 0 Å². The molecule has 1 aromatic carbocycles. The summed E-state index contributed by atoms with van der Waals surface area (Å²) in [7, 11) is 0. The van der Waals surface area contributed by atoms with Gasteiger partial charge >= 0.3 is 0 Å². The Morgan fingerprint density at radius 2 is 1.58 bits per heavy atom. The van der Waals surface area contributed by atoms with E-state index in [1.807, 2.05) is 0 Å². The van der Waals surface area contributed by atoms with Gasteiger partial charge in [-0.1, -0.05) is 23.7 Å². The van der Waals surface area contributed by atoms with E-state index in [-0.39, 0.29) is 0 Å². The maximum Gasteiger partial charge on any atom is 0.137 e. The smallest absolute Gasteiger partial charge is 0.137 e. The molecule has 0 bridgehead atoms. The standard InChI is InChI=1S/C8H7Cl3O/c9-6-3-1-5(2-4-6)7(12)8(10)11/h1-4,7-8,12H/t7-/m1/s1. The summed E-state index contributed by atoms with van der Waals surface area (Å²) in [6.07, 6.45) is -0.856. The molecule has 4 heteroatoms. The molecule has 0 unspecified atom stereocenters. The van der Waals surface area contributed by atoms with Crippen molar-refractivity contribution in [2.75, 3.05) is 0 Å². The fourth-order valence-electron chi connectivity index (χ4n) is 0.805. The predicted octanol–water partition coefficient (Wildman–Crippen LogP) is 3.18. The lowest BCUT2D eigenvalue weighted by Crippen LogP contribution is -2.05. The van der Waals surface area contributed by atoms with Crippen molar-refractivity contribution in [2.45, 2.75) is 10.9 Å². The molecule has 12 heavy (non-hydrogen) atoms. The van der Waals surface area contributed by atoms with E-state index in [1.165, 1.54) is 0 Å². The molecule has 0 amide bonds. The number of rotatable bonds is 2. The summed E-state index contributed by atoms with van der Waals surface area (Å²) in [6, 6.07) is 6.72. The molecule has 0 aromatic heterocycles. The first-order valence-corrected chi connectivity index (χ1v) is 4.58. The molecule has 0 radical (unpaired) electrons. The average molecular weight is 226 g/mol. The van der Waals surface area contributed by atoms with Crippen LogP contribution in [-0.4, -0.2) is 9.94 Å². The van der Waals surface area contributed by atoms with E-state index in [0.717, 1.165) is 0 Å². The van der Waals surface area contributed by atoms with Gasteiger partial charge in [0.2, 0.25) is 0 Å². The zero-order chi connectivity index (χ0) is 9.14. The molecule has 1 nitrogen and oxygen atoms in total. The summed E-state index contributed by atoms with van der Waals surface area (Å²) in [4.78, 5) is -0.814. The molecule has 1 aromatic rings. The van der Waals surface area contributed by atoms with Gasteiger partial charge in [-0.2, -0.15) is 0 Å². The Morgan fingerprint density at radius 3 is 2.00 bits per heavy atom. The summed E-state index contributed by atoms with van der Waals surface area (Å²) >= 11 is 16.6. The monoisotopic (exact) mass is 224 g/mol. The molecule has 0 aliphatic heterocycles. The van der Waals surface area contributed by atoms with Crippen molar-refractivity contribution in [3.05, 3.63) is 34.9 Å². The van der Waals surface area contributed by atoms with E-state index in [4.69, 9.17) is 34.8 Å². The van der Waals surface area contributed by atoms with Crippen LogP contribution in [0.1, 0.15) is 11.7 Å². The van der Waals surface area contributed by atoms with Crippen LogP contribution >= 0.6 is 34.8 Å². The fourth-order valence-corrected chi connectivity index (χ4v) is 1.22. The number of hydrogen-bond donors (Lipinski definition) is 1. The Morgan fingerprint density at radius 1 is 1.08 bits per heavy atom. The number of halogens is 3. The third kappa shape index (κ3) is 2.53. The van der Waals surface area contributed by atoms with Crippen LogP contribution in [-0.2, 0) is 0 Å². The quantitative estimate of drug-likeness (QED) is 0.767. The molecular formula is C8H7Cl3O. The second-order valence-electron chi connectivity index (χ2n) is 2.33. The highest BCUT2D eigenvalue weighted by molar-refractivity contribution is 6.44. The maximum absolute atomic E-state index is 9.38. The number of benzene rings is 1. The number of hydrogen-bond acceptors (Lipinski definition) is 1. The van der Waals surface area contributed by atoms with Gasteiger partial charge in [0.1, 0.15) is 10.9 Å². The third-order valence-corrected chi connectivity index (χ3v) is 2.18. The Hall–Kier alpha value is 0.0500. The van der Waals surface area contributed by atoms with Gasteiger partial charge in [0, 0.05) is 5.02 Å². The van der Waals surface area contributed by atoms with Crippen molar-refractivity contribution in [1.29, 1.82) is 0 Å². The highest BCUT2D eigenvalue weighted by Crippen LogP contribution is 2.24. The normalized spacial score (nSPS) is 13.4. The minimum absolute atomic E-state index is 0.617. The number of alkyl halides is 2. The van der Waals surface area contributed by atoms with Crippen molar-refractivity contribution in [3.63, 3.8) is 0 Å². The minimum Gasteiger partial charge on any atom is -0.386 e. The van der Waals surface area contributed by atoms with Crippen LogP contribution in [0.15, 0.2) is 24.3 Å². The summed E-state index contributed by atoms with van der Waals surface area (Å²) in [5, 5.41) is 10.00. The van der Waals surface area contributed by atoms with Crippen LogP contribution in [0.5, 0.6) is 0 Å². The number of aliphatic hydroxyl groups is 1. The molecule has 0 aliphatic rings. The summed E-state index contributed by atoms with van der Waals surface area (Å²) in [6.45, 7) is 0. The molecule has 0 aliphatic carbocycles. The molecule has 0 heterocycles. The van der Waals surface area contributed by atoms with Crippen molar-refractivity contribution in [2.24, 2.45) is 0 Å². The van der Waals surface area contributed by atoms with Crippen LogP contribution < -0.4 is 0 Å². The van der Waals surface area contributed by atoms with Crippen molar-refractivity contribution < 1.29 is 5.11 Å². The summed E-state index contributed by atoms with van der Waals surface area (Å²) < 4.78 is 0. The van der Waals surface area contributed by atoms with E-state index in [1.54, 1.807) is 24.3 Å². The Bertz CT molecular complexity index is 245. The van der Waals surface area contributed by atoms with Gasteiger partial charge in [-0.25, -0.2) is 0 Å². The van der Waals surface area contributed by atoms with E-state index in [2.05, 4.69) is 0 Å². The molecule has 66 valence electrons. The van der Waals surface area contributed by atoms with Gasteiger partial charge in [0.15, 0.2) is 0 Å². The maximum atomic E-state index is 9.38. The molecule has 0 spiro atoms. The highest BCUT2D eigenvalue weighted by Gasteiger charge is 2.14. The van der Waals surface area contributed by atoms with Crippen LogP contribution in [0.4, 0.5) is 0 Å². The first-order valence-electron chi connectivity index (χ1n) is 3.33. The van der Waals surface area contributed by atoms with E-state index >= 15 is 0 Å². The molecule has 1 N–H and O–H groups in total. The van der Waals surface area contributed by atoms with Gasteiger partial charge in [-0.15, -0.1) is 23.2 Å². The third-order valence-electron chi connectivity index (χ3n) is 1.45. The molecule has 0 saturated carbocycles. The Labute approximate surface area is 85.9 Å². The van der Waals surface area contributed by atoms with Gasteiger partial charge in [-0.3, -0.25) is 0 Å². The SMILES string of the molecule is O[C@H](c1ccc(Cl)cc1)C(Cl)Cl. The van der Waals surface area contributed by atoms with Crippen molar-refractivity contribution in [3.8, 4) is 0 Å². The zero-order valence-electron chi connectivity index (χ0n) is 6.05. The number of aliphatic hydroxyl groups excluding tert-OH is 1. The fraction of sp³-hybridized carbons (Fsp3) is 0.250. The van der Waals surface area contributed by atoms with E-state index < -0.39 is 10.9 Å². The van der Waals surface area contributed by atoms with Crippen LogP contribution in [0.3, 0.4) is 0 Å². The lowest BCUT2D eigenvalue weighted by atomic mass is 10.1. The second-order valence-corrected chi connectivity index (χ2v) is 3.93. The molecular weight excluding hydrogens is 218 g/mol. The van der Waals surface area contributed by atoms with E-state index in [0.29, 0.717) is 10.6 Å². The van der Waals surface area contributed by atoms with Crippen LogP contribution in [0, 0.1) is 0 Å². The Balaban J connectivity index is 2.82. The second kappa shape index (κ2) is 4.33. The molecule has 0 fully saturated rings. The minimum atomic E-state index is -0.856. The van der Waals surface area contributed by atoms with Crippen molar-refractivity contribution >= 4 is 34.8 Å². The van der Waals surface area contributed by atoms with E-state index in [9.17, 15) is 5.11 Å². The summed E-state index contributed by atoms with van der Waals surface area (Å²) in [5.74, 6) is 0. The highest BCUT2D eigenvalue weighted by atomic mass is 35.5. The first-order chi connectivity index (χ1) is 5.61. The average Bonchev–Trinajstić information content (AvgIpc) is 2.04. The van der Waals surface area contributed by atoms with Crippen molar-refractivity contribution in [1.82, 2.24) is 0 Å². The molecule has 1 atom stereocenters. The lowest BCUT2D eigenvalue weighted by molar-refractivity contribution is 0.193. The molecule has 1 rings (SSSR count). The largest absolute Gasteiger partial charge is 0.386 e. The van der Waals surface area contributed by atoms with Crippen LogP contribution in [0.2, 0.25) is 5.02 Å². The molecule has 0 saturated heterocycles. The zero-order valence-corrected chi connectivity index (χ0v) is 8.31. The Kier molecular flexibility index (Phi) is 3.66. The van der Waals surface area contributed by atoms with Gasteiger partial charge < -0.3 is 5.11 Å². The van der Waals surface area contributed by atoms with Gasteiger partial charge in [-0.05, 0) is 17.7 Å². The summed E-state index contributed by atoms with van der Waals surface area (Å²) in [5.41, 5.74) is 0.661. The van der Waals surface area contributed by atoms with Gasteiger partial charge in [0.25, 0.3) is 0 Å².